The molecule has 0 unspecified atom stereocenters. The van der Waals surface area contributed by atoms with Gasteiger partial charge in [-0.25, -0.2) is 14.2 Å². The first-order valence-corrected chi connectivity index (χ1v) is 8.20. The number of aromatic nitrogens is 1. The maximum absolute atomic E-state index is 13.9. The molecule has 0 saturated heterocycles. The molecule has 1 aromatic heterocycles. The molecule has 0 bridgehead atoms. The summed E-state index contributed by atoms with van der Waals surface area (Å²) in [6, 6.07) is 4.72. The van der Waals surface area contributed by atoms with E-state index in [9.17, 15) is 9.18 Å². The summed E-state index contributed by atoms with van der Waals surface area (Å²) in [6.07, 6.45) is 0.00635. The molecule has 0 spiro atoms. The molecule has 0 saturated carbocycles. The van der Waals surface area contributed by atoms with Gasteiger partial charge in [0, 0.05) is 18.7 Å². The van der Waals surface area contributed by atoms with Gasteiger partial charge in [-0.05, 0) is 27.2 Å². The van der Waals surface area contributed by atoms with Gasteiger partial charge in [0.25, 0.3) is 0 Å². The lowest BCUT2D eigenvalue weighted by atomic mass is 10.2. The summed E-state index contributed by atoms with van der Waals surface area (Å²) < 4.78 is 25.1. The van der Waals surface area contributed by atoms with E-state index in [0.29, 0.717) is 23.2 Å². The molecule has 6 nitrogen and oxygen atoms in total. The number of halogens is 1. The van der Waals surface area contributed by atoms with Crippen molar-refractivity contribution in [3.63, 3.8) is 0 Å². The Kier molecular flexibility index (Phi) is 5.57. The number of alkyl carbamates (subject to hydrolysis) is 1. The molecule has 8 heteroatoms. The lowest BCUT2D eigenvalue weighted by Crippen LogP contribution is -2.33. The molecule has 0 fully saturated rings. The van der Waals surface area contributed by atoms with E-state index in [1.54, 1.807) is 20.8 Å². The van der Waals surface area contributed by atoms with Crippen molar-refractivity contribution in [1.29, 1.82) is 5.26 Å². The molecule has 1 N–H and O–H groups in total. The summed E-state index contributed by atoms with van der Waals surface area (Å²) in [7, 11) is 0. The zero-order valence-corrected chi connectivity index (χ0v) is 14.5. The first-order valence-electron chi connectivity index (χ1n) is 7.38. The third-order valence-electron chi connectivity index (χ3n) is 2.78. The van der Waals surface area contributed by atoms with E-state index in [1.807, 2.05) is 6.07 Å². The first kappa shape index (κ1) is 17.9. The van der Waals surface area contributed by atoms with Crippen LogP contribution < -0.4 is 10.1 Å². The second-order valence-electron chi connectivity index (χ2n) is 6.01. The molecule has 1 aromatic carbocycles. The fourth-order valence-corrected chi connectivity index (χ4v) is 2.62. The Morgan fingerprint density at radius 1 is 1.46 bits per heavy atom. The van der Waals surface area contributed by atoms with Crippen LogP contribution in [-0.4, -0.2) is 29.8 Å². The molecule has 128 valence electrons. The minimum atomic E-state index is -0.545. The lowest BCUT2D eigenvalue weighted by Gasteiger charge is -2.19. The largest absolute Gasteiger partial charge is 0.490 e. The molecule has 1 amide bonds. The van der Waals surface area contributed by atoms with Crippen LogP contribution in [0.3, 0.4) is 0 Å². The minimum absolute atomic E-state index is 0.105. The molecular weight excluding hydrogens is 333 g/mol. The highest BCUT2D eigenvalue weighted by Gasteiger charge is 2.15. The number of carbonyl (C=O) groups is 1. The van der Waals surface area contributed by atoms with Crippen molar-refractivity contribution in [2.24, 2.45) is 0 Å². The number of carbonyl (C=O) groups excluding carboxylic acids is 1. The van der Waals surface area contributed by atoms with Crippen LogP contribution in [0.4, 0.5) is 9.18 Å². The third-order valence-corrected chi connectivity index (χ3v) is 3.71. The van der Waals surface area contributed by atoms with Crippen LogP contribution in [0, 0.1) is 17.1 Å². The molecule has 0 aliphatic heterocycles. The van der Waals surface area contributed by atoms with E-state index in [-0.39, 0.29) is 17.4 Å². The van der Waals surface area contributed by atoms with E-state index < -0.39 is 17.5 Å². The van der Waals surface area contributed by atoms with Gasteiger partial charge in [0.2, 0.25) is 0 Å². The first-order chi connectivity index (χ1) is 11.3. The second-order valence-corrected chi connectivity index (χ2v) is 7.04. The number of amides is 1. The van der Waals surface area contributed by atoms with Gasteiger partial charge in [0.15, 0.2) is 16.6 Å². The van der Waals surface area contributed by atoms with Crippen molar-refractivity contribution in [3.8, 4) is 11.8 Å². The normalized spacial score (nSPS) is 11.1. The number of benzene rings is 1. The number of ether oxygens (including phenoxy) is 2. The van der Waals surface area contributed by atoms with Crippen LogP contribution in [0.5, 0.6) is 5.75 Å². The standard InChI is InChI=1S/C16H18FN3O3S/c1-16(2,3)23-15(21)19-5-4-6-22-12-8-13-11(7-10(12)17)20-14(9-18)24-13/h7-8H,4-6H2,1-3H3,(H,19,21). The average Bonchev–Trinajstić information content (AvgIpc) is 2.87. The fourth-order valence-electron chi connectivity index (χ4n) is 1.85. The molecule has 0 radical (unpaired) electrons. The molecule has 1 heterocycles. The van der Waals surface area contributed by atoms with Gasteiger partial charge >= 0.3 is 6.09 Å². The summed E-state index contributed by atoms with van der Waals surface area (Å²) >= 11 is 1.18. The Morgan fingerprint density at radius 2 is 2.21 bits per heavy atom. The van der Waals surface area contributed by atoms with E-state index >= 15 is 0 Å². The molecule has 0 aliphatic rings. The number of hydrogen-bond acceptors (Lipinski definition) is 6. The highest BCUT2D eigenvalue weighted by atomic mass is 32.1. The Balaban J connectivity index is 1.82. The molecule has 24 heavy (non-hydrogen) atoms. The SMILES string of the molecule is CC(C)(C)OC(=O)NCCCOc1cc2sc(C#N)nc2cc1F. The van der Waals surface area contributed by atoms with Gasteiger partial charge in [-0.15, -0.1) is 11.3 Å². The monoisotopic (exact) mass is 351 g/mol. The molecular formula is C16H18FN3O3S. The van der Waals surface area contributed by atoms with Gasteiger partial charge in [0.1, 0.15) is 11.7 Å². The summed E-state index contributed by atoms with van der Waals surface area (Å²) in [6.45, 7) is 5.95. The van der Waals surface area contributed by atoms with E-state index in [1.165, 1.54) is 23.5 Å². The topological polar surface area (TPSA) is 84.2 Å². The molecule has 2 aromatic rings. The van der Waals surface area contributed by atoms with Crippen LogP contribution in [-0.2, 0) is 4.74 Å². The Hall–Kier alpha value is -2.40. The average molecular weight is 351 g/mol. The predicted molar refractivity (Wildman–Crippen MR) is 88.6 cm³/mol. The minimum Gasteiger partial charge on any atom is -0.490 e. The smallest absolute Gasteiger partial charge is 0.407 e. The predicted octanol–water partition coefficient (Wildman–Crippen LogP) is 3.60. The lowest BCUT2D eigenvalue weighted by molar-refractivity contribution is 0.0525. The van der Waals surface area contributed by atoms with Crippen LogP contribution in [0.25, 0.3) is 10.2 Å². The van der Waals surface area contributed by atoms with E-state index in [2.05, 4.69) is 10.3 Å². The summed E-state index contributed by atoms with van der Waals surface area (Å²) in [5.41, 5.74) is -0.108. The fraction of sp³-hybridized carbons (Fsp3) is 0.438. The van der Waals surface area contributed by atoms with Crippen molar-refractivity contribution in [2.45, 2.75) is 32.8 Å². The van der Waals surface area contributed by atoms with E-state index in [4.69, 9.17) is 14.7 Å². The van der Waals surface area contributed by atoms with Crippen LogP contribution in [0.15, 0.2) is 12.1 Å². The molecule has 2 rings (SSSR count). The Morgan fingerprint density at radius 3 is 2.88 bits per heavy atom. The molecule has 0 aliphatic carbocycles. The summed E-state index contributed by atoms with van der Waals surface area (Å²) in [5, 5.41) is 11.7. The number of rotatable bonds is 5. The number of nitriles is 1. The maximum Gasteiger partial charge on any atom is 0.407 e. The van der Waals surface area contributed by atoms with Crippen LogP contribution >= 0.6 is 11.3 Å². The zero-order valence-electron chi connectivity index (χ0n) is 13.7. The highest BCUT2D eigenvalue weighted by Crippen LogP contribution is 2.28. The van der Waals surface area contributed by atoms with Crippen molar-refractivity contribution in [1.82, 2.24) is 10.3 Å². The Labute approximate surface area is 143 Å². The summed E-state index contributed by atoms with van der Waals surface area (Å²) in [5.74, 6) is -0.426. The Bertz CT molecular complexity index is 777. The zero-order chi connectivity index (χ0) is 17.7. The van der Waals surface area contributed by atoms with Gasteiger partial charge in [0.05, 0.1) is 16.8 Å². The van der Waals surface area contributed by atoms with Gasteiger partial charge in [-0.3, -0.25) is 0 Å². The quantitative estimate of drug-likeness (QED) is 0.832. The number of nitrogens with zero attached hydrogens (tertiary/aromatic N) is 2. The van der Waals surface area contributed by atoms with Crippen molar-refractivity contribution in [3.05, 3.63) is 23.0 Å². The van der Waals surface area contributed by atoms with Gasteiger partial charge in [-0.1, -0.05) is 0 Å². The number of fused-ring (bicyclic) bond motifs is 1. The van der Waals surface area contributed by atoms with Gasteiger partial charge in [-0.2, -0.15) is 5.26 Å². The highest BCUT2D eigenvalue weighted by molar-refractivity contribution is 7.19. The number of hydrogen-bond donors (Lipinski definition) is 1. The molecule has 0 atom stereocenters. The van der Waals surface area contributed by atoms with Crippen LogP contribution in [0.2, 0.25) is 0 Å². The third kappa shape index (κ3) is 5.06. The maximum atomic E-state index is 13.9. The van der Waals surface area contributed by atoms with Gasteiger partial charge < -0.3 is 14.8 Å². The van der Waals surface area contributed by atoms with Crippen molar-refractivity contribution >= 4 is 27.6 Å². The van der Waals surface area contributed by atoms with Crippen LogP contribution in [0.1, 0.15) is 32.2 Å². The number of nitrogens with one attached hydrogen (secondary N) is 1. The summed E-state index contributed by atoms with van der Waals surface area (Å²) in [4.78, 5) is 15.4. The number of thiazole rings is 1. The van der Waals surface area contributed by atoms with Crippen molar-refractivity contribution < 1.29 is 18.7 Å². The van der Waals surface area contributed by atoms with Crippen molar-refractivity contribution in [2.75, 3.05) is 13.2 Å². The second kappa shape index (κ2) is 7.45. The van der Waals surface area contributed by atoms with E-state index in [0.717, 1.165) is 0 Å².